The van der Waals surface area contributed by atoms with Crippen molar-refractivity contribution >= 4 is 11.8 Å². The Morgan fingerprint density at radius 2 is 2.13 bits per heavy atom. The zero-order valence-corrected chi connectivity index (χ0v) is 8.97. The minimum absolute atomic E-state index is 0.0103. The zero-order valence-electron chi connectivity index (χ0n) is 8.97. The standard InChI is InChI=1S/C10H15N3O2/c1-3-4-7-13(2)9-8(10(14)15)11-5-6-12-9/h5-6H,3-4,7H2,1-2H3,(H,14,15). The van der Waals surface area contributed by atoms with Crippen molar-refractivity contribution in [1.82, 2.24) is 9.97 Å². The molecule has 0 radical (unpaired) electrons. The first-order chi connectivity index (χ1) is 7.16. The summed E-state index contributed by atoms with van der Waals surface area (Å²) in [6.07, 6.45) is 4.96. The molecule has 5 heteroatoms. The van der Waals surface area contributed by atoms with E-state index in [1.165, 1.54) is 12.4 Å². The van der Waals surface area contributed by atoms with Crippen LogP contribution in [0, 0.1) is 0 Å². The second-order valence-corrected chi connectivity index (χ2v) is 3.31. The van der Waals surface area contributed by atoms with Crippen molar-refractivity contribution < 1.29 is 9.90 Å². The fraction of sp³-hybridized carbons (Fsp3) is 0.500. The highest BCUT2D eigenvalue weighted by atomic mass is 16.4. The van der Waals surface area contributed by atoms with Crippen molar-refractivity contribution in [3.8, 4) is 0 Å². The minimum Gasteiger partial charge on any atom is -0.476 e. The summed E-state index contributed by atoms with van der Waals surface area (Å²) in [5.74, 6) is -0.611. The van der Waals surface area contributed by atoms with Crippen molar-refractivity contribution in [3.05, 3.63) is 18.1 Å². The number of anilines is 1. The average Bonchev–Trinajstić information content (AvgIpc) is 2.25. The maximum atomic E-state index is 10.9. The Hall–Kier alpha value is -1.65. The molecule has 0 aromatic carbocycles. The van der Waals surface area contributed by atoms with Crippen molar-refractivity contribution in [2.24, 2.45) is 0 Å². The molecule has 1 heterocycles. The van der Waals surface area contributed by atoms with Crippen molar-refractivity contribution in [1.29, 1.82) is 0 Å². The molecule has 0 saturated heterocycles. The van der Waals surface area contributed by atoms with Crippen LogP contribution in [-0.2, 0) is 0 Å². The molecule has 0 bridgehead atoms. The number of hydrogen-bond donors (Lipinski definition) is 1. The van der Waals surface area contributed by atoms with Gasteiger partial charge in [-0.25, -0.2) is 14.8 Å². The molecule has 0 aliphatic heterocycles. The molecule has 0 unspecified atom stereocenters. The number of hydrogen-bond acceptors (Lipinski definition) is 4. The Balaban J connectivity index is 2.87. The first kappa shape index (κ1) is 11.4. The second-order valence-electron chi connectivity index (χ2n) is 3.31. The summed E-state index contributed by atoms with van der Waals surface area (Å²) in [5, 5.41) is 8.91. The summed E-state index contributed by atoms with van der Waals surface area (Å²) in [7, 11) is 1.83. The maximum Gasteiger partial charge on any atom is 0.358 e. The molecule has 0 saturated carbocycles. The van der Waals surface area contributed by atoms with Gasteiger partial charge in [0, 0.05) is 26.0 Å². The molecule has 0 atom stereocenters. The summed E-state index contributed by atoms with van der Waals surface area (Å²) in [5.41, 5.74) is 0.0103. The molecular weight excluding hydrogens is 194 g/mol. The van der Waals surface area contributed by atoms with Crippen LogP contribution >= 0.6 is 0 Å². The molecule has 0 spiro atoms. The predicted molar refractivity (Wildman–Crippen MR) is 57.2 cm³/mol. The fourth-order valence-corrected chi connectivity index (χ4v) is 1.26. The van der Waals surface area contributed by atoms with E-state index in [2.05, 4.69) is 16.9 Å². The lowest BCUT2D eigenvalue weighted by Gasteiger charge is -2.18. The molecule has 1 N–H and O–H groups in total. The van der Waals surface area contributed by atoms with Gasteiger partial charge < -0.3 is 10.0 Å². The van der Waals surface area contributed by atoms with Gasteiger partial charge >= 0.3 is 5.97 Å². The zero-order chi connectivity index (χ0) is 11.3. The third-order valence-corrected chi connectivity index (χ3v) is 2.09. The molecular formula is C10H15N3O2. The van der Waals surface area contributed by atoms with Gasteiger partial charge in [0.05, 0.1) is 0 Å². The molecule has 5 nitrogen and oxygen atoms in total. The van der Waals surface area contributed by atoms with E-state index in [4.69, 9.17) is 5.11 Å². The Bertz CT molecular complexity index is 341. The highest BCUT2D eigenvalue weighted by molar-refractivity contribution is 5.90. The molecule has 0 aliphatic carbocycles. The molecule has 1 rings (SSSR count). The smallest absolute Gasteiger partial charge is 0.358 e. The first-order valence-corrected chi connectivity index (χ1v) is 4.92. The van der Waals surface area contributed by atoms with Gasteiger partial charge in [-0.05, 0) is 6.42 Å². The fourth-order valence-electron chi connectivity index (χ4n) is 1.26. The lowest BCUT2D eigenvalue weighted by molar-refractivity contribution is 0.0691. The van der Waals surface area contributed by atoms with Gasteiger partial charge in [-0.3, -0.25) is 0 Å². The largest absolute Gasteiger partial charge is 0.476 e. The van der Waals surface area contributed by atoms with Gasteiger partial charge in [0.15, 0.2) is 11.5 Å². The maximum absolute atomic E-state index is 10.9. The Morgan fingerprint density at radius 1 is 1.47 bits per heavy atom. The van der Waals surface area contributed by atoms with Crippen LogP contribution in [0.1, 0.15) is 30.3 Å². The van der Waals surface area contributed by atoms with Gasteiger partial charge in [-0.2, -0.15) is 0 Å². The summed E-state index contributed by atoms with van der Waals surface area (Å²) < 4.78 is 0. The molecule has 0 amide bonds. The summed E-state index contributed by atoms with van der Waals surface area (Å²) in [6, 6.07) is 0. The number of carboxylic acid groups (broad SMARTS) is 1. The normalized spacial score (nSPS) is 10.0. The lowest BCUT2D eigenvalue weighted by Crippen LogP contribution is -2.23. The third-order valence-electron chi connectivity index (χ3n) is 2.09. The van der Waals surface area contributed by atoms with Gasteiger partial charge in [-0.15, -0.1) is 0 Å². The Labute approximate surface area is 88.8 Å². The molecule has 0 aliphatic rings. The Kier molecular flexibility index (Phi) is 4.03. The predicted octanol–water partition coefficient (Wildman–Crippen LogP) is 1.41. The number of aromatic nitrogens is 2. The van der Waals surface area contributed by atoms with Crippen LogP contribution in [0.2, 0.25) is 0 Å². The van der Waals surface area contributed by atoms with Gasteiger partial charge in [0.2, 0.25) is 0 Å². The van der Waals surface area contributed by atoms with Crippen LogP contribution in [0.25, 0.3) is 0 Å². The number of unbranched alkanes of at least 4 members (excludes halogenated alkanes) is 1. The summed E-state index contributed by atoms with van der Waals surface area (Å²) in [4.78, 5) is 20.5. The molecule has 82 valence electrons. The van der Waals surface area contributed by atoms with Crippen LogP contribution < -0.4 is 4.90 Å². The highest BCUT2D eigenvalue weighted by Gasteiger charge is 2.15. The number of carboxylic acids is 1. The monoisotopic (exact) mass is 209 g/mol. The highest BCUT2D eigenvalue weighted by Crippen LogP contribution is 2.13. The molecule has 1 aromatic rings. The number of rotatable bonds is 5. The van der Waals surface area contributed by atoms with Crippen LogP contribution in [0.4, 0.5) is 5.82 Å². The summed E-state index contributed by atoms with van der Waals surface area (Å²) >= 11 is 0. The van der Waals surface area contributed by atoms with Gasteiger partial charge in [0.1, 0.15) is 0 Å². The van der Waals surface area contributed by atoms with E-state index in [9.17, 15) is 4.79 Å². The van der Waals surface area contributed by atoms with E-state index in [0.29, 0.717) is 5.82 Å². The van der Waals surface area contributed by atoms with E-state index in [0.717, 1.165) is 19.4 Å². The Morgan fingerprint density at radius 3 is 2.73 bits per heavy atom. The number of aromatic carboxylic acids is 1. The van der Waals surface area contributed by atoms with E-state index in [-0.39, 0.29) is 5.69 Å². The quantitative estimate of drug-likeness (QED) is 0.794. The van der Waals surface area contributed by atoms with Gasteiger partial charge in [0.25, 0.3) is 0 Å². The van der Waals surface area contributed by atoms with E-state index >= 15 is 0 Å². The van der Waals surface area contributed by atoms with Gasteiger partial charge in [-0.1, -0.05) is 13.3 Å². The minimum atomic E-state index is -1.04. The van der Waals surface area contributed by atoms with E-state index in [1.54, 1.807) is 0 Å². The third kappa shape index (κ3) is 2.90. The number of nitrogens with zero attached hydrogens (tertiary/aromatic N) is 3. The number of carbonyl (C=O) groups is 1. The second kappa shape index (κ2) is 5.29. The van der Waals surface area contributed by atoms with E-state index in [1.807, 2.05) is 11.9 Å². The van der Waals surface area contributed by atoms with E-state index < -0.39 is 5.97 Å². The molecule has 1 aromatic heterocycles. The van der Waals surface area contributed by atoms with Crippen LogP contribution in [0.15, 0.2) is 12.4 Å². The topological polar surface area (TPSA) is 66.3 Å². The summed E-state index contributed by atoms with van der Waals surface area (Å²) in [6.45, 7) is 2.87. The van der Waals surface area contributed by atoms with Crippen molar-refractivity contribution in [3.63, 3.8) is 0 Å². The first-order valence-electron chi connectivity index (χ1n) is 4.92. The lowest BCUT2D eigenvalue weighted by atomic mass is 10.3. The van der Waals surface area contributed by atoms with Crippen LogP contribution in [0.3, 0.4) is 0 Å². The molecule has 0 fully saturated rings. The SMILES string of the molecule is CCCCN(C)c1nccnc1C(=O)O. The van der Waals surface area contributed by atoms with Crippen LogP contribution in [0.5, 0.6) is 0 Å². The van der Waals surface area contributed by atoms with Crippen LogP contribution in [-0.4, -0.2) is 34.6 Å². The van der Waals surface area contributed by atoms with Crippen molar-refractivity contribution in [2.45, 2.75) is 19.8 Å². The molecule has 15 heavy (non-hydrogen) atoms. The average molecular weight is 209 g/mol. The van der Waals surface area contributed by atoms with Crippen molar-refractivity contribution in [2.75, 3.05) is 18.5 Å².